The SMILES string of the molecule is Cc1cc(C)c(CNc2cnn(C(C)C)c2)cc1C. The van der Waals surface area contributed by atoms with Gasteiger partial charge in [-0.15, -0.1) is 0 Å². The third-order valence-corrected chi connectivity index (χ3v) is 3.57. The minimum Gasteiger partial charge on any atom is -0.378 e. The van der Waals surface area contributed by atoms with E-state index in [9.17, 15) is 0 Å². The molecule has 2 aromatic rings. The molecule has 1 aromatic carbocycles. The predicted molar refractivity (Wildman–Crippen MR) is 80.6 cm³/mol. The highest BCUT2D eigenvalue weighted by Gasteiger charge is 2.04. The number of benzene rings is 1. The standard InChI is InChI=1S/C16H23N3/c1-11(2)19-10-16(9-18-19)17-8-15-7-13(4)12(3)6-14(15)5/h6-7,9-11,17H,8H2,1-5H3. The van der Waals surface area contributed by atoms with Crippen LogP contribution in [0.5, 0.6) is 0 Å². The monoisotopic (exact) mass is 257 g/mol. The molecule has 19 heavy (non-hydrogen) atoms. The normalized spacial score (nSPS) is 11.1. The fourth-order valence-electron chi connectivity index (χ4n) is 2.12. The predicted octanol–water partition coefficient (Wildman–Crippen LogP) is 4.00. The van der Waals surface area contributed by atoms with Crippen molar-refractivity contribution in [2.75, 3.05) is 5.32 Å². The summed E-state index contributed by atoms with van der Waals surface area (Å²) in [6.07, 6.45) is 3.94. The van der Waals surface area contributed by atoms with E-state index in [1.54, 1.807) is 0 Å². The number of anilines is 1. The number of aromatic nitrogens is 2. The summed E-state index contributed by atoms with van der Waals surface area (Å²) in [4.78, 5) is 0. The van der Waals surface area contributed by atoms with E-state index in [1.807, 2.05) is 10.9 Å². The average molecular weight is 257 g/mol. The van der Waals surface area contributed by atoms with Gasteiger partial charge in [-0.05, 0) is 56.9 Å². The van der Waals surface area contributed by atoms with E-state index in [2.05, 4.69) is 63.4 Å². The summed E-state index contributed by atoms with van der Waals surface area (Å²) in [5, 5.41) is 7.78. The molecule has 0 bridgehead atoms. The number of nitrogens with zero attached hydrogens (tertiary/aromatic N) is 2. The van der Waals surface area contributed by atoms with Crippen LogP contribution >= 0.6 is 0 Å². The number of hydrogen-bond donors (Lipinski definition) is 1. The van der Waals surface area contributed by atoms with E-state index >= 15 is 0 Å². The lowest BCUT2D eigenvalue weighted by molar-refractivity contribution is 0.532. The summed E-state index contributed by atoms with van der Waals surface area (Å²) in [5.74, 6) is 0. The van der Waals surface area contributed by atoms with Gasteiger partial charge in [-0.2, -0.15) is 5.10 Å². The van der Waals surface area contributed by atoms with Crippen molar-refractivity contribution in [2.24, 2.45) is 0 Å². The van der Waals surface area contributed by atoms with E-state index in [4.69, 9.17) is 0 Å². The first kappa shape index (κ1) is 13.7. The lowest BCUT2D eigenvalue weighted by Crippen LogP contribution is -2.03. The molecular weight excluding hydrogens is 234 g/mol. The lowest BCUT2D eigenvalue weighted by atomic mass is 10.0. The summed E-state index contributed by atoms with van der Waals surface area (Å²) < 4.78 is 1.97. The number of nitrogens with one attached hydrogen (secondary N) is 1. The van der Waals surface area contributed by atoms with Crippen molar-refractivity contribution >= 4 is 5.69 Å². The highest BCUT2D eigenvalue weighted by atomic mass is 15.3. The summed E-state index contributed by atoms with van der Waals surface area (Å²) in [6.45, 7) is 11.6. The van der Waals surface area contributed by atoms with E-state index in [0.29, 0.717) is 6.04 Å². The van der Waals surface area contributed by atoms with Crippen LogP contribution in [-0.4, -0.2) is 9.78 Å². The zero-order valence-corrected chi connectivity index (χ0v) is 12.5. The summed E-state index contributed by atoms with van der Waals surface area (Å²) >= 11 is 0. The molecule has 0 atom stereocenters. The number of hydrogen-bond acceptors (Lipinski definition) is 2. The van der Waals surface area contributed by atoms with Gasteiger partial charge in [-0.1, -0.05) is 12.1 Å². The lowest BCUT2D eigenvalue weighted by Gasteiger charge is -2.11. The van der Waals surface area contributed by atoms with Crippen LogP contribution in [0.2, 0.25) is 0 Å². The molecule has 102 valence electrons. The van der Waals surface area contributed by atoms with Crippen molar-refractivity contribution in [3.05, 3.63) is 46.8 Å². The van der Waals surface area contributed by atoms with Gasteiger partial charge in [0.15, 0.2) is 0 Å². The Hall–Kier alpha value is -1.77. The molecule has 0 aliphatic rings. The molecule has 0 aliphatic carbocycles. The molecule has 0 spiro atoms. The Balaban J connectivity index is 2.07. The number of aryl methyl sites for hydroxylation is 3. The first-order valence-electron chi connectivity index (χ1n) is 6.82. The van der Waals surface area contributed by atoms with Crippen molar-refractivity contribution < 1.29 is 0 Å². The van der Waals surface area contributed by atoms with Gasteiger partial charge in [0, 0.05) is 18.8 Å². The molecule has 2 rings (SSSR count). The van der Waals surface area contributed by atoms with Gasteiger partial charge in [0.05, 0.1) is 11.9 Å². The summed E-state index contributed by atoms with van der Waals surface area (Å²) in [7, 11) is 0. The fraction of sp³-hybridized carbons (Fsp3) is 0.438. The van der Waals surface area contributed by atoms with Crippen molar-refractivity contribution in [2.45, 2.75) is 47.2 Å². The van der Waals surface area contributed by atoms with Crippen LogP contribution in [0.4, 0.5) is 5.69 Å². The Morgan fingerprint density at radius 2 is 1.79 bits per heavy atom. The second-order valence-electron chi connectivity index (χ2n) is 5.52. The fourth-order valence-corrected chi connectivity index (χ4v) is 2.12. The highest BCUT2D eigenvalue weighted by Crippen LogP contribution is 2.17. The Morgan fingerprint density at radius 1 is 1.11 bits per heavy atom. The maximum Gasteiger partial charge on any atom is 0.0729 e. The van der Waals surface area contributed by atoms with Crippen molar-refractivity contribution in [3.63, 3.8) is 0 Å². The topological polar surface area (TPSA) is 29.9 Å². The van der Waals surface area contributed by atoms with E-state index in [-0.39, 0.29) is 0 Å². The summed E-state index contributed by atoms with van der Waals surface area (Å²) in [5.41, 5.74) is 6.47. The molecular formula is C16H23N3. The highest BCUT2D eigenvalue weighted by molar-refractivity contribution is 5.42. The minimum atomic E-state index is 0.402. The maximum absolute atomic E-state index is 4.34. The maximum atomic E-state index is 4.34. The van der Waals surface area contributed by atoms with Crippen LogP contribution < -0.4 is 5.32 Å². The summed E-state index contributed by atoms with van der Waals surface area (Å²) in [6, 6.07) is 4.92. The van der Waals surface area contributed by atoms with Gasteiger partial charge in [0.2, 0.25) is 0 Å². The van der Waals surface area contributed by atoms with Crippen LogP contribution in [0.1, 0.15) is 42.1 Å². The van der Waals surface area contributed by atoms with Gasteiger partial charge >= 0.3 is 0 Å². The molecule has 0 radical (unpaired) electrons. The Labute approximate surface area is 115 Å². The first-order chi connectivity index (χ1) is 8.97. The largest absolute Gasteiger partial charge is 0.378 e. The molecule has 0 unspecified atom stereocenters. The van der Waals surface area contributed by atoms with E-state index in [0.717, 1.165) is 12.2 Å². The second-order valence-corrected chi connectivity index (χ2v) is 5.52. The van der Waals surface area contributed by atoms with E-state index in [1.165, 1.54) is 22.3 Å². The first-order valence-corrected chi connectivity index (χ1v) is 6.82. The van der Waals surface area contributed by atoms with Crippen molar-refractivity contribution in [3.8, 4) is 0 Å². The van der Waals surface area contributed by atoms with Gasteiger partial charge in [0.1, 0.15) is 0 Å². The molecule has 0 amide bonds. The molecule has 0 saturated heterocycles. The zero-order valence-electron chi connectivity index (χ0n) is 12.5. The van der Waals surface area contributed by atoms with Gasteiger partial charge in [-0.3, -0.25) is 4.68 Å². The Morgan fingerprint density at radius 3 is 2.42 bits per heavy atom. The van der Waals surface area contributed by atoms with Crippen LogP contribution in [0.25, 0.3) is 0 Å². The average Bonchev–Trinajstić information content (AvgIpc) is 2.81. The van der Waals surface area contributed by atoms with Crippen LogP contribution in [0.3, 0.4) is 0 Å². The molecule has 1 N–H and O–H groups in total. The molecule has 0 fully saturated rings. The second kappa shape index (κ2) is 5.47. The van der Waals surface area contributed by atoms with Crippen molar-refractivity contribution in [1.29, 1.82) is 0 Å². The molecule has 1 aromatic heterocycles. The van der Waals surface area contributed by atoms with Crippen LogP contribution in [-0.2, 0) is 6.54 Å². The third-order valence-electron chi connectivity index (χ3n) is 3.57. The van der Waals surface area contributed by atoms with Gasteiger partial charge in [0.25, 0.3) is 0 Å². The molecule has 1 heterocycles. The van der Waals surface area contributed by atoms with Gasteiger partial charge < -0.3 is 5.32 Å². The minimum absolute atomic E-state index is 0.402. The van der Waals surface area contributed by atoms with Crippen LogP contribution in [0, 0.1) is 20.8 Å². The molecule has 3 nitrogen and oxygen atoms in total. The zero-order chi connectivity index (χ0) is 14.0. The Bertz CT molecular complexity index is 567. The number of rotatable bonds is 4. The third kappa shape index (κ3) is 3.16. The van der Waals surface area contributed by atoms with Crippen LogP contribution in [0.15, 0.2) is 24.5 Å². The smallest absolute Gasteiger partial charge is 0.0729 e. The van der Waals surface area contributed by atoms with Gasteiger partial charge in [-0.25, -0.2) is 0 Å². The molecule has 0 saturated carbocycles. The van der Waals surface area contributed by atoms with E-state index < -0.39 is 0 Å². The van der Waals surface area contributed by atoms with Crippen molar-refractivity contribution in [1.82, 2.24) is 9.78 Å². The Kier molecular flexibility index (Phi) is 3.93. The molecule has 0 aliphatic heterocycles. The quantitative estimate of drug-likeness (QED) is 0.897. The molecule has 3 heteroatoms.